The first-order valence-electron chi connectivity index (χ1n) is 8.16. The maximum atomic E-state index is 2.35. The van der Waals surface area contributed by atoms with E-state index in [9.17, 15) is 0 Å². The molecule has 0 N–H and O–H groups in total. The van der Waals surface area contributed by atoms with Crippen molar-refractivity contribution in [3.05, 3.63) is 64.8 Å². The second-order valence-corrected chi connectivity index (χ2v) is 6.61. The van der Waals surface area contributed by atoms with Crippen molar-refractivity contribution < 1.29 is 4.57 Å². The summed E-state index contributed by atoms with van der Waals surface area (Å²) in [6.07, 6.45) is 5.99. The summed E-state index contributed by atoms with van der Waals surface area (Å²) in [5.41, 5.74) is 8.48. The van der Waals surface area contributed by atoms with Gasteiger partial charge in [0.25, 0.3) is 0 Å². The Balaban J connectivity index is 2.09. The van der Waals surface area contributed by atoms with Crippen molar-refractivity contribution in [1.29, 1.82) is 0 Å². The van der Waals surface area contributed by atoms with Gasteiger partial charge in [-0.25, -0.2) is 4.57 Å². The topological polar surface area (TPSA) is 3.88 Å². The maximum Gasteiger partial charge on any atom is 0.220 e. The van der Waals surface area contributed by atoms with Crippen LogP contribution in [0.2, 0.25) is 0 Å². The lowest BCUT2D eigenvalue weighted by atomic mass is 9.95. The summed E-state index contributed by atoms with van der Waals surface area (Å²) in [4.78, 5) is 0. The van der Waals surface area contributed by atoms with Gasteiger partial charge in [-0.1, -0.05) is 23.8 Å². The Labute approximate surface area is 132 Å². The largest absolute Gasteiger partial charge is 0.220 e. The van der Waals surface area contributed by atoms with Crippen molar-refractivity contribution in [2.75, 3.05) is 0 Å². The van der Waals surface area contributed by atoms with E-state index in [1.165, 1.54) is 52.4 Å². The molecule has 0 atom stereocenters. The first-order valence-corrected chi connectivity index (χ1v) is 8.16. The molecule has 22 heavy (non-hydrogen) atoms. The Morgan fingerprint density at radius 2 is 1.77 bits per heavy atom. The Morgan fingerprint density at radius 3 is 2.64 bits per heavy atom. The first kappa shape index (κ1) is 13.5. The highest BCUT2D eigenvalue weighted by Crippen LogP contribution is 2.34. The van der Waals surface area contributed by atoms with E-state index >= 15 is 0 Å². The number of aromatic nitrogens is 1. The Hall–Kier alpha value is -2.15. The Bertz CT molecular complexity index is 890. The predicted octanol–water partition coefficient (Wildman–Crippen LogP) is 4.44. The molecule has 1 aliphatic carbocycles. The fourth-order valence-electron chi connectivity index (χ4n) is 3.87. The van der Waals surface area contributed by atoms with Crippen molar-refractivity contribution in [3.63, 3.8) is 0 Å². The van der Waals surface area contributed by atoms with Crippen LogP contribution in [0, 0.1) is 13.8 Å². The Morgan fingerprint density at radius 1 is 0.909 bits per heavy atom. The van der Waals surface area contributed by atoms with Crippen LogP contribution in [-0.2, 0) is 19.9 Å². The summed E-state index contributed by atoms with van der Waals surface area (Å²) in [7, 11) is 2.16. The van der Waals surface area contributed by atoms with Crippen molar-refractivity contribution in [2.45, 2.75) is 33.1 Å². The van der Waals surface area contributed by atoms with Gasteiger partial charge in [0.15, 0.2) is 6.20 Å². The zero-order valence-electron chi connectivity index (χ0n) is 13.6. The maximum absolute atomic E-state index is 2.35. The summed E-state index contributed by atoms with van der Waals surface area (Å²) in [5.74, 6) is 0. The first-order chi connectivity index (χ1) is 10.6. The van der Waals surface area contributed by atoms with Gasteiger partial charge in [-0.2, -0.15) is 0 Å². The van der Waals surface area contributed by atoms with E-state index < -0.39 is 0 Å². The molecule has 0 saturated heterocycles. The second-order valence-electron chi connectivity index (χ2n) is 6.61. The monoisotopic (exact) mass is 288 g/mol. The molecule has 0 amide bonds. The molecular formula is C21H22N+. The summed E-state index contributed by atoms with van der Waals surface area (Å²) in [6, 6.07) is 13.7. The number of aryl methyl sites for hydroxylation is 5. The zero-order valence-corrected chi connectivity index (χ0v) is 13.6. The third kappa shape index (κ3) is 1.96. The summed E-state index contributed by atoms with van der Waals surface area (Å²) in [6.45, 7) is 4.38. The lowest BCUT2D eigenvalue weighted by molar-refractivity contribution is -0.659. The minimum atomic E-state index is 1.23. The van der Waals surface area contributed by atoms with E-state index in [1.54, 1.807) is 11.1 Å². The molecule has 1 aromatic heterocycles. The van der Waals surface area contributed by atoms with Crippen molar-refractivity contribution in [1.82, 2.24) is 0 Å². The van der Waals surface area contributed by atoms with E-state index in [0.29, 0.717) is 0 Å². The SMILES string of the molecule is Cc1ccc(C)c(-c2c3ccc4c(c3cc[n+]2C)CCC4)c1. The van der Waals surface area contributed by atoms with Crippen LogP contribution in [0.5, 0.6) is 0 Å². The molecule has 4 rings (SSSR count). The molecule has 0 aliphatic heterocycles. The van der Waals surface area contributed by atoms with Gasteiger partial charge in [0, 0.05) is 11.6 Å². The molecule has 0 saturated carbocycles. The van der Waals surface area contributed by atoms with Crippen LogP contribution >= 0.6 is 0 Å². The third-order valence-electron chi connectivity index (χ3n) is 5.05. The number of hydrogen-bond donors (Lipinski definition) is 0. The lowest BCUT2D eigenvalue weighted by Crippen LogP contribution is -2.30. The quantitative estimate of drug-likeness (QED) is 0.583. The molecule has 0 fully saturated rings. The highest BCUT2D eigenvalue weighted by molar-refractivity contribution is 5.96. The normalized spacial score (nSPS) is 13.6. The molecule has 1 heteroatoms. The van der Waals surface area contributed by atoms with Gasteiger partial charge in [-0.05, 0) is 67.3 Å². The Kier molecular flexibility index (Phi) is 3.04. The van der Waals surface area contributed by atoms with Gasteiger partial charge in [0.05, 0.1) is 5.39 Å². The molecule has 1 heterocycles. The average Bonchev–Trinajstić information content (AvgIpc) is 2.98. The van der Waals surface area contributed by atoms with E-state index in [-0.39, 0.29) is 0 Å². The number of benzene rings is 2. The van der Waals surface area contributed by atoms with Crippen LogP contribution in [-0.4, -0.2) is 0 Å². The number of pyridine rings is 1. The molecule has 110 valence electrons. The van der Waals surface area contributed by atoms with Gasteiger partial charge < -0.3 is 0 Å². The molecule has 0 radical (unpaired) electrons. The minimum absolute atomic E-state index is 1.23. The highest BCUT2D eigenvalue weighted by atomic mass is 14.9. The summed E-state index contributed by atoms with van der Waals surface area (Å²) < 4.78 is 2.27. The number of nitrogens with zero attached hydrogens (tertiary/aromatic N) is 1. The van der Waals surface area contributed by atoms with Crippen molar-refractivity contribution >= 4 is 10.8 Å². The minimum Gasteiger partial charge on any atom is -0.200 e. The predicted molar refractivity (Wildman–Crippen MR) is 92.1 cm³/mol. The van der Waals surface area contributed by atoms with Crippen LogP contribution in [0.1, 0.15) is 28.7 Å². The van der Waals surface area contributed by atoms with E-state index in [1.807, 2.05) is 0 Å². The van der Waals surface area contributed by atoms with E-state index in [0.717, 1.165) is 0 Å². The smallest absolute Gasteiger partial charge is 0.200 e. The van der Waals surface area contributed by atoms with Gasteiger partial charge in [-0.15, -0.1) is 0 Å². The van der Waals surface area contributed by atoms with Crippen LogP contribution < -0.4 is 4.57 Å². The molecule has 1 aliphatic rings. The third-order valence-corrected chi connectivity index (χ3v) is 5.05. The number of fused-ring (bicyclic) bond motifs is 3. The number of rotatable bonds is 1. The average molecular weight is 288 g/mol. The summed E-state index contributed by atoms with van der Waals surface area (Å²) in [5, 5.41) is 2.84. The van der Waals surface area contributed by atoms with Gasteiger partial charge >= 0.3 is 0 Å². The van der Waals surface area contributed by atoms with Crippen LogP contribution in [0.15, 0.2) is 42.6 Å². The lowest BCUT2D eigenvalue weighted by Gasteiger charge is -2.11. The van der Waals surface area contributed by atoms with Gasteiger partial charge in [0.1, 0.15) is 7.05 Å². The molecule has 0 bridgehead atoms. The molecule has 0 unspecified atom stereocenters. The fourth-order valence-corrected chi connectivity index (χ4v) is 3.87. The second kappa shape index (κ2) is 4.95. The van der Waals surface area contributed by atoms with Crippen LogP contribution in [0.25, 0.3) is 22.0 Å². The van der Waals surface area contributed by atoms with Crippen molar-refractivity contribution in [2.24, 2.45) is 7.05 Å². The van der Waals surface area contributed by atoms with Crippen molar-refractivity contribution in [3.8, 4) is 11.3 Å². The van der Waals surface area contributed by atoms with Gasteiger partial charge in [0.2, 0.25) is 5.69 Å². The highest BCUT2D eigenvalue weighted by Gasteiger charge is 2.21. The zero-order chi connectivity index (χ0) is 15.3. The standard InChI is InChI=1S/C21H22N/c1-14-7-8-15(2)20(13-14)21-19-10-9-16-5-4-6-17(16)18(19)11-12-22(21)3/h7-13H,4-6H2,1-3H3/q+1. The molecule has 1 nitrogen and oxygen atoms in total. The van der Waals surface area contributed by atoms with Crippen LogP contribution in [0.3, 0.4) is 0 Å². The van der Waals surface area contributed by atoms with E-state index in [2.05, 4.69) is 68.1 Å². The molecular weight excluding hydrogens is 266 g/mol. The number of hydrogen-bond acceptors (Lipinski definition) is 0. The van der Waals surface area contributed by atoms with Gasteiger partial charge in [-0.3, -0.25) is 0 Å². The van der Waals surface area contributed by atoms with E-state index in [4.69, 9.17) is 0 Å². The summed E-state index contributed by atoms with van der Waals surface area (Å²) >= 11 is 0. The molecule has 2 aromatic carbocycles. The van der Waals surface area contributed by atoms with Crippen LogP contribution in [0.4, 0.5) is 0 Å². The molecule has 0 spiro atoms. The molecule has 3 aromatic rings. The fraction of sp³-hybridized carbons (Fsp3) is 0.286.